The molecule has 1 aromatic heterocycles. The van der Waals surface area contributed by atoms with Crippen LogP contribution in [0.2, 0.25) is 0 Å². The van der Waals surface area contributed by atoms with E-state index in [4.69, 9.17) is 9.15 Å². The molecule has 0 saturated heterocycles. The molecule has 14 heavy (non-hydrogen) atoms. The summed E-state index contributed by atoms with van der Waals surface area (Å²) < 4.78 is 10.8. The number of aromatic nitrogens is 1. The van der Waals surface area contributed by atoms with E-state index >= 15 is 0 Å². The molecule has 1 heterocycles. The van der Waals surface area contributed by atoms with Gasteiger partial charge in [-0.1, -0.05) is 13.8 Å². The monoisotopic (exact) mass is 198 g/mol. The second-order valence-electron chi connectivity index (χ2n) is 3.05. The number of ether oxygens (including phenoxy) is 1. The molecule has 0 spiro atoms. The standard InChI is InChI=1S/C10H18N2O2/c1-3-5-13-8-9-6-12-10(14-9)7-11-4-2/h6,11H,3-5,7-8H2,1-2H3. The fourth-order valence-corrected chi connectivity index (χ4v) is 1.05. The molecular formula is C10H18N2O2. The molecule has 0 aliphatic rings. The lowest BCUT2D eigenvalue weighted by Crippen LogP contribution is -2.11. The normalized spacial score (nSPS) is 10.7. The molecule has 1 N–H and O–H groups in total. The molecule has 0 atom stereocenters. The van der Waals surface area contributed by atoms with Crippen molar-refractivity contribution in [2.45, 2.75) is 33.4 Å². The summed E-state index contributed by atoms with van der Waals surface area (Å²) in [6.07, 6.45) is 2.75. The zero-order chi connectivity index (χ0) is 10.2. The van der Waals surface area contributed by atoms with Crippen LogP contribution in [0.1, 0.15) is 31.9 Å². The van der Waals surface area contributed by atoms with Crippen molar-refractivity contribution in [2.75, 3.05) is 13.2 Å². The molecule has 1 aromatic rings. The van der Waals surface area contributed by atoms with Gasteiger partial charge in [0.25, 0.3) is 0 Å². The molecule has 0 aliphatic heterocycles. The van der Waals surface area contributed by atoms with Crippen LogP contribution in [0.4, 0.5) is 0 Å². The zero-order valence-corrected chi connectivity index (χ0v) is 8.88. The van der Waals surface area contributed by atoms with E-state index in [9.17, 15) is 0 Å². The molecule has 1 rings (SSSR count). The molecule has 4 nitrogen and oxygen atoms in total. The summed E-state index contributed by atoms with van der Waals surface area (Å²) >= 11 is 0. The summed E-state index contributed by atoms with van der Waals surface area (Å²) in [5.74, 6) is 1.52. The molecule has 4 heteroatoms. The highest BCUT2D eigenvalue weighted by atomic mass is 16.5. The van der Waals surface area contributed by atoms with Gasteiger partial charge < -0.3 is 14.5 Å². The van der Waals surface area contributed by atoms with Gasteiger partial charge in [0.15, 0.2) is 0 Å². The van der Waals surface area contributed by atoms with E-state index in [0.29, 0.717) is 13.2 Å². The van der Waals surface area contributed by atoms with Gasteiger partial charge in [-0.2, -0.15) is 0 Å². The fraction of sp³-hybridized carbons (Fsp3) is 0.700. The van der Waals surface area contributed by atoms with Crippen molar-refractivity contribution in [3.05, 3.63) is 17.8 Å². The first kappa shape index (κ1) is 11.2. The Kier molecular flexibility index (Phi) is 5.25. The van der Waals surface area contributed by atoms with Crippen LogP contribution in [0.3, 0.4) is 0 Å². The van der Waals surface area contributed by atoms with Gasteiger partial charge >= 0.3 is 0 Å². The van der Waals surface area contributed by atoms with Crippen LogP contribution in [-0.2, 0) is 17.9 Å². The van der Waals surface area contributed by atoms with Gasteiger partial charge in [-0.3, -0.25) is 0 Å². The number of nitrogens with one attached hydrogen (secondary N) is 1. The van der Waals surface area contributed by atoms with Crippen molar-refractivity contribution < 1.29 is 9.15 Å². The Bertz CT molecular complexity index is 248. The van der Waals surface area contributed by atoms with Gasteiger partial charge in [0, 0.05) is 6.61 Å². The number of oxazole rings is 1. The maximum Gasteiger partial charge on any atom is 0.208 e. The van der Waals surface area contributed by atoms with E-state index in [1.54, 1.807) is 6.20 Å². The Balaban J connectivity index is 2.27. The highest BCUT2D eigenvalue weighted by Gasteiger charge is 2.02. The minimum absolute atomic E-state index is 0.521. The van der Waals surface area contributed by atoms with Crippen LogP contribution in [0.5, 0.6) is 0 Å². The fourth-order valence-electron chi connectivity index (χ4n) is 1.05. The number of rotatable bonds is 7. The van der Waals surface area contributed by atoms with Crippen LogP contribution < -0.4 is 5.32 Å². The van der Waals surface area contributed by atoms with Crippen molar-refractivity contribution in [3.63, 3.8) is 0 Å². The first-order valence-electron chi connectivity index (χ1n) is 5.08. The second kappa shape index (κ2) is 6.56. The van der Waals surface area contributed by atoms with Gasteiger partial charge in [-0.05, 0) is 13.0 Å². The lowest BCUT2D eigenvalue weighted by molar-refractivity contribution is 0.106. The van der Waals surface area contributed by atoms with Crippen molar-refractivity contribution in [2.24, 2.45) is 0 Å². The average molecular weight is 198 g/mol. The average Bonchev–Trinajstić information content (AvgIpc) is 2.63. The quantitative estimate of drug-likeness (QED) is 0.677. The molecule has 0 aliphatic carbocycles. The molecule has 0 unspecified atom stereocenters. The number of nitrogens with zero attached hydrogens (tertiary/aromatic N) is 1. The Labute approximate surface area is 84.7 Å². The van der Waals surface area contributed by atoms with Crippen molar-refractivity contribution in [1.82, 2.24) is 10.3 Å². The zero-order valence-electron chi connectivity index (χ0n) is 8.88. The molecule has 0 aromatic carbocycles. The van der Waals surface area contributed by atoms with E-state index in [2.05, 4.69) is 17.2 Å². The second-order valence-corrected chi connectivity index (χ2v) is 3.05. The summed E-state index contributed by atoms with van der Waals surface area (Å²) in [5.41, 5.74) is 0. The topological polar surface area (TPSA) is 47.3 Å². The molecule has 0 bridgehead atoms. The van der Waals surface area contributed by atoms with E-state index in [0.717, 1.165) is 31.2 Å². The minimum Gasteiger partial charge on any atom is -0.442 e. The highest BCUT2D eigenvalue weighted by molar-refractivity contribution is 4.92. The van der Waals surface area contributed by atoms with E-state index in [1.807, 2.05) is 6.92 Å². The van der Waals surface area contributed by atoms with E-state index < -0.39 is 0 Å². The smallest absolute Gasteiger partial charge is 0.208 e. The van der Waals surface area contributed by atoms with Crippen LogP contribution in [0.15, 0.2) is 10.6 Å². The molecule has 0 fully saturated rings. The number of hydrogen-bond donors (Lipinski definition) is 1. The highest BCUT2D eigenvalue weighted by Crippen LogP contribution is 2.04. The van der Waals surface area contributed by atoms with Gasteiger partial charge in [0.2, 0.25) is 5.89 Å². The van der Waals surface area contributed by atoms with Gasteiger partial charge in [0.05, 0.1) is 12.7 Å². The van der Waals surface area contributed by atoms with Crippen LogP contribution in [0, 0.1) is 0 Å². The Hall–Kier alpha value is -0.870. The summed E-state index contributed by atoms with van der Waals surface area (Å²) in [7, 11) is 0. The Morgan fingerprint density at radius 1 is 1.50 bits per heavy atom. The maximum atomic E-state index is 5.43. The molecular weight excluding hydrogens is 180 g/mol. The lowest BCUT2D eigenvalue weighted by Gasteiger charge is -1.98. The van der Waals surface area contributed by atoms with Crippen molar-refractivity contribution in [1.29, 1.82) is 0 Å². The molecule has 0 amide bonds. The van der Waals surface area contributed by atoms with Crippen molar-refractivity contribution in [3.8, 4) is 0 Å². The van der Waals surface area contributed by atoms with Crippen LogP contribution in [-0.4, -0.2) is 18.1 Å². The third-order valence-electron chi connectivity index (χ3n) is 1.72. The third kappa shape index (κ3) is 3.89. The molecule has 80 valence electrons. The van der Waals surface area contributed by atoms with Crippen LogP contribution >= 0.6 is 0 Å². The van der Waals surface area contributed by atoms with Crippen LogP contribution in [0.25, 0.3) is 0 Å². The Morgan fingerprint density at radius 3 is 3.07 bits per heavy atom. The van der Waals surface area contributed by atoms with Crippen molar-refractivity contribution >= 4 is 0 Å². The summed E-state index contributed by atoms with van der Waals surface area (Å²) in [6.45, 7) is 7.02. The predicted octanol–water partition coefficient (Wildman–Crippen LogP) is 1.71. The largest absolute Gasteiger partial charge is 0.442 e. The third-order valence-corrected chi connectivity index (χ3v) is 1.72. The lowest BCUT2D eigenvalue weighted by atomic mass is 10.5. The minimum atomic E-state index is 0.521. The van der Waals surface area contributed by atoms with Gasteiger partial charge in [0.1, 0.15) is 12.4 Å². The molecule has 0 radical (unpaired) electrons. The first-order valence-corrected chi connectivity index (χ1v) is 5.08. The maximum absolute atomic E-state index is 5.43. The number of hydrogen-bond acceptors (Lipinski definition) is 4. The summed E-state index contributed by atoms with van der Waals surface area (Å²) in [4.78, 5) is 4.12. The summed E-state index contributed by atoms with van der Waals surface area (Å²) in [6, 6.07) is 0. The van der Waals surface area contributed by atoms with Gasteiger partial charge in [-0.15, -0.1) is 0 Å². The van der Waals surface area contributed by atoms with E-state index in [-0.39, 0.29) is 0 Å². The Morgan fingerprint density at radius 2 is 2.36 bits per heavy atom. The summed E-state index contributed by atoms with van der Waals surface area (Å²) in [5, 5.41) is 3.15. The SMILES string of the molecule is CCCOCc1cnc(CNCC)o1. The van der Waals surface area contributed by atoms with E-state index in [1.165, 1.54) is 0 Å². The predicted molar refractivity (Wildman–Crippen MR) is 53.8 cm³/mol. The van der Waals surface area contributed by atoms with Gasteiger partial charge in [-0.25, -0.2) is 4.98 Å². The first-order chi connectivity index (χ1) is 6.86. The molecule has 0 saturated carbocycles.